The van der Waals surface area contributed by atoms with Gasteiger partial charge >= 0.3 is 0 Å². The van der Waals surface area contributed by atoms with Gasteiger partial charge in [-0.25, -0.2) is 4.98 Å². The lowest BCUT2D eigenvalue weighted by Crippen LogP contribution is -2.27. The van der Waals surface area contributed by atoms with Crippen LogP contribution in [0.5, 0.6) is 0 Å². The number of rotatable bonds is 4. The number of anilines is 1. The highest BCUT2D eigenvalue weighted by Gasteiger charge is 2.21. The summed E-state index contributed by atoms with van der Waals surface area (Å²) in [4.78, 5) is 17.8. The molecule has 0 aliphatic heterocycles. The molecule has 1 aromatic carbocycles. The molecule has 0 radical (unpaired) electrons. The fourth-order valence-electron chi connectivity index (χ4n) is 1.94. The molecular weight excluding hydrogens is 274 g/mol. The number of carbonyl (C=O) groups excluding carboxylic acids is 1. The summed E-state index contributed by atoms with van der Waals surface area (Å²) in [5, 5.41) is 13.9. The third-order valence-corrected chi connectivity index (χ3v) is 3.62. The number of nitrogens with zero attached hydrogens (tertiary/aromatic N) is 4. The first-order valence-electron chi connectivity index (χ1n) is 6.30. The number of benzene rings is 1. The number of aromatic nitrogens is 4. The van der Waals surface area contributed by atoms with Gasteiger partial charge in [-0.1, -0.05) is 19.1 Å². The Bertz CT molecular complexity index is 688. The number of nitrogens with one attached hydrogen (secondary N) is 1. The van der Waals surface area contributed by atoms with Crippen molar-refractivity contribution in [1.82, 2.24) is 20.0 Å². The third kappa shape index (κ3) is 2.39. The van der Waals surface area contributed by atoms with Gasteiger partial charge in [-0.3, -0.25) is 4.79 Å². The number of fused-ring (bicyclic) bond motifs is 1. The van der Waals surface area contributed by atoms with Crippen molar-refractivity contribution in [2.75, 3.05) is 5.32 Å². The summed E-state index contributed by atoms with van der Waals surface area (Å²) in [5.41, 5.74) is 1.57. The molecule has 1 atom stereocenters. The van der Waals surface area contributed by atoms with Crippen LogP contribution in [-0.2, 0) is 4.79 Å². The van der Waals surface area contributed by atoms with E-state index in [4.69, 9.17) is 0 Å². The molecule has 3 aromatic rings. The van der Waals surface area contributed by atoms with Gasteiger partial charge in [0.15, 0.2) is 11.2 Å². The number of thiazole rings is 1. The lowest BCUT2D eigenvalue weighted by atomic mass is 10.2. The Balaban J connectivity index is 1.86. The first-order chi connectivity index (χ1) is 9.78. The third-order valence-electron chi connectivity index (χ3n) is 2.93. The summed E-state index contributed by atoms with van der Waals surface area (Å²) in [5.74, 6) is -0.150. The van der Waals surface area contributed by atoms with Crippen LogP contribution in [0.15, 0.2) is 35.8 Å². The second-order valence-corrected chi connectivity index (χ2v) is 5.15. The van der Waals surface area contributed by atoms with E-state index >= 15 is 0 Å². The molecule has 0 saturated carbocycles. The fourth-order valence-corrected chi connectivity index (χ4v) is 2.48. The molecule has 0 unspecified atom stereocenters. The van der Waals surface area contributed by atoms with Gasteiger partial charge in [0.25, 0.3) is 5.91 Å². The van der Waals surface area contributed by atoms with Crippen LogP contribution in [0.4, 0.5) is 5.13 Å². The summed E-state index contributed by atoms with van der Waals surface area (Å²) < 4.78 is 0. The zero-order chi connectivity index (χ0) is 13.9. The molecule has 0 spiro atoms. The van der Waals surface area contributed by atoms with Crippen molar-refractivity contribution in [1.29, 1.82) is 0 Å². The average Bonchev–Trinajstić information content (AvgIpc) is 3.08. The maximum atomic E-state index is 12.3. The number of amides is 1. The van der Waals surface area contributed by atoms with Crippen molar-refractivity contribution in [3.8, 4) is 0 Å². The molecule has 2 aromatic heterocycles. The Labute approximate surface area is 119 Å². The second kappa shape index (κ2) is 5.38. The van der Waals surface area contributed by atoms with Crippen LogP contribution in [0.25, 0.3) is 11.0 Å². The largest absolute Gasteiger partial charge is 0.300 e. The van der Waals surface area contributed by atoms with Crippen LogP contribution in [0.3, 0.4) is 0 Å². The molecule has 2 heterocycles. The van der Waals surface area contributed by atoms with E-state index in [-0.39, 0.29) is 5.91 Å². The Kier molecular flexibility index (Phi) is 3.42. The summed E-state index contributed by atoms with van der Waals surface area (Å²) in [6.45, 7) is 1.93. The van der Waals surface area contributed by atoms with Gasteiger partial charge in [-0.15, -0.1) is 11.3 Å². The topological polar surface area (TPSA) is 72.7 Å². The number of carbonyl (C=O) groups is 1. The van der Waals surface area contributed by atoms with Gasteiger partial charge < -0.3 is 5.32 Å². The standard InChI is InChI=1S/C13H13N5OS/c1-2-11(12(19)15-13-14-7-8-20-13)18-16-9-5-3-4-6-10(9)17-18/h3-8,11H,2H2,1H3,(H,14,15,19)/t11-/m1/s1. The molecule has 1 N–H and O–H groups in total. The number of hydrogen-bond donors (Lipinski definition) is 1. The van der Waals surface area contributed by atoms with Crippen molar-refractivity contribution >= 4 is 33.4 Å². The van der Waals surface area contributed by atoms with Crippen LogP contribution in [0.2, 0.25) is 0 Å². The lowest BCUT2D eigenvalue weighted by molar-refractivity contribution is -0.119. The minimum Gasteiger partial charge on any atom is -0.300 e. The molecule has 0 aliphatic rings. The molecule has 3 rings (SSSR count). The van der Waals surface area contributed by atoms with Crippen molar-refractivity contribution in [3.63, 3.8) is 0 Å². The Morgan fingerprint density at radius 1 is 1.35 bits per heavy atom. The van der Waals surface area contributed by atoms with Gasteiger partial charge in [0.05, 0.1) is 0 Å². The molecule has 7 heteroatoms. The second-order valence-electron chi connectivity index (χ2n) is 4.26. The predicted octanol–water partition coefficient (Wildman–Crippen LogP) is 2.48. The molecule has 0 aliphatic carbocycles. The summed E-state index contributed by atoms with van der Waals surface area (Å²) in [6.07, 6.45) is 2.26. The van der Waals surface area contributed by atoms with Crippen molar-refractivity contribution in [2.24, 2.45) is 0 Å². The molecule has 0 saturated heterocycles. The predicted molar refractivity (Wildman–Crippen MR) is 77.6 cm³/mol. The van der Waals surface area contributed by atoms with E-state index in [9.17, 15) is 4.79 Å². The first kappa shape index (κ1) is 12.7. The average molecular weight is 287 g/mol. The molecule has 0 fully saturated rings. The fraction of sp³-hybridized carbons (Fsp3) is 0.231. The molecule has 0 bridgehead atoms. The van der Waals surface area contributed by atoms with E-state index in [1.807, 2.05) is 36.6 Å². The van der Waals surface area contributed by atoms with Gasteiger partial charge in [0, 0.05) is 11.6 Å². The van der Waals surface area contributed by atoms with Crippen molar-refractivity contribution in [2.45, 2.75) is 19.4 Å². The monoisotopic (exact) mass is 287 g/mol. The highest BCUT2D eigenvalue weighted by atomic mass is 32.1. The molecule has 20 heavy (non-hydrogen) atoms. The van der Waals surface area contributed by atoms with Crippen LogP contribution in [0.1, 0.15) is 19.4 Å². The Morgan fingerprint density at radius 3 is 2.60 bits per heavy atom. The summed E-state index contributed by atoms with van der Waals surface area (Å²) in [6, 6.07) is 7.12. The summed E-state index contributed by atoms with van der Waals surface area (Å²) >= 11 is 1.39. The molecular formula is C13H13N5OS. The lowest BCUT2D eigenvalue weighted by Gasteiger charge is -2.12. The van der Waals surface area contributed by atoms with Gasteiger partial charge in [0.2, 0.25) is 0 Å². The first-order valence-corrected chi connectivity index (χ1v) is 7.18. The van der Waals surface area contributed by atoms with Crippen molar-refractivity contribution in [3.05, 3.63) is 35.8 Å². The number of hydrogen-bond acceptors (Lipinski definition) is 5. The maximum Gasteiger partial charge on any atom is 0.252 e. The van der Waals surface area contributed by atoms with E-state index in [0.29, 0.717) is 11.6 Å². The zero-order valence-corrected chi connectivity index (χ0v) is 11.7. The van der Waals surface area contributed by atoms with E-state index < -0.39 is 6.04 Å². The molecule has 102 valence electrons. The highest BCUT2D eigenvalue weighted by molar-refractivity contribution is 7.13. The Morgan fingerprint density at radius 2 is 2.05 bits per heavy atom. The normalized spacial score (nSPS) is 12.4. The molecule has 1 amide bonds. The van der Waals surface area contributed by atoms with Crippen LogP contribution >= 0.6 is 11.3 Å². The van der Waals surface area contributed by atoms with Crippen LogP contribution in [0, 0.1) is 0 Å². The SMILES string of the molecule is CC[C@H](C(=O)Nc1nccs1)n1nc2ccccc2n1. The highest BCUT2D eigenvalue weighted by Crippen LogP contribution is 2.17. The van der Waals surface area contributed by atoms with Crippen molar-refractivity contribution < 1.29 is 4.79 Å². The minimum atomic E-state index is -0.439. The van der Waals surface area contributed by atoms with E-state index in [0.717, 1.165) is 11.0 Å². The van der Waals surface area contributed by atoms with Crippen LogP contribution in [-0.4, -0.2) is 25.9 Å². The van der Waals surface area contributed by atoms with E-state index in [1.165, 1.54) is 16.1 Å². The quantitative estimate of drug-likeness (QED) is 0.800. The maximum absolute atomic E-state index is 12.3. The van der Waals surface area contributed by atoms with E-state index in [2.05, 4.69) is 20.5 Å². The van der Waals surface area contributed by atoms with E-state index in [1.54, 1.807) is 6.20 Å². The van der Waals surface area contributed by atoms with Gasteiger partial charge in [0.1, 0.15) is 11.0 Å². The molecule has 6 nitrogen and oxygen atoms in total. The van der Waals surface area contributed by atoms with Gasteiger partial charge in [-0.05, 0) is 18.6 Å². The van der Waals surface area contributed by atoms with Crippen LogP contribution < -0.4 is 5.32 Å². The Hall–Kier alpha value is -2.28. The zero-order valence-electron chi connectivity index (χ0n) is 10.9. The minimum absolute atomic E-state index is 0.150. The van der Waals surface area contributed by atoms with Gasteiger partial charge in [-0.2, -0.15) is 15.0 Å². The summed E-state index contributed by atoms with van der Waals surface area (Å²) in [7, 11) is 0. The smallest absolute Gasteiger partial charge is 0.252 e.